The highest BCUT2D eigenvalue weighted by Gasteiger charge is 2.01. The second-order valence-electron chi connectivity index (χ2n) is 2.80. The van der Waals surface area contributed by atoms with Crippen molar-refractivity contribution in [2.45, 2.75) is 30.3 Å². The lowest BCUT2D eigenvalue weighted by molar-refractivity contribution is 0.956. The van der Waals surface area contributed by atoms with Crippen LogP contribution in [-0.4, -0.2) is 16.3 Å². The van der Waals surface area contributed by atoms with Crippen LogP contribution in [0.1, 0.15) is 19.8 Å². The molecule has 2 heteroatoms. The van der Waals surface area contributed by atoms with Crippen molar-refractivity contribution in [2.75, 3.05) is 5.75 Å². The first kappa shape index (κ1) is 12.2. The maximum atomic E-state index is 4.33. The monoisotopic (exact) mass is 202 g/mol. The Morgan fingerprint density at radius 2 is 2.17 bits per heavy atom. The fourth-order valence-corrected chi connectivity index (χ4v) is 2.18. The Morgan fingerprint density at radius 3 is 2.67 bits per heavy atom. The van der Waals surface area contributed by atoms with E-state index in [1.165, 1.54) is 0 Å². The summed E-state index contributed by atoms with van der Waals surface area (Å²) in [6.07, 6.45) is 6.07. The molecule has 12 heavy (non-hydrogen) atoms. The Kier molecular flexibility index (Phi) is 7.93. The third-order valence-electron chi connectivity index (χ3n) is 1.59. The van der Waals surface area contributed by atoms with Gasteiger partial charge in [0.25, 0.3) is 0 Å². The van der Waals surface area contributed by atoms with Gasteiger partial charge in [0.05, 0.1) is 0 Å². The highest BCUT2D eigenvalue weighted by Crippen LogP contribution is 2.17. The molecule has 0 rings (SSSR count). The highest BCUT2D eigenvalue weighted by atomic mass is 32.2. The third-order valence-corrected chi connectivity index (χ3v) is 3.29. The summed E-state index contributed by atoms with van der Waals surface area (Å²) in [7, 11) is 0. The minimum atomic E-state index is 0.355. The van der Waals surface area contributed by atoms with E-state index in [-0.39, 0.29) is 0 Å². The number of thioether (sulfide) groups is 1. The molecule has 0 fully saturated rings. The zero-order valence-electron chi connectivity index (χ0n) is 7.70. The first-order valence-corrected chi connectivity index (χ1v) is 5.80. The number of hydrogen-bond donors (Lipinski definition) is 1. The number of hydrogen-bond acceptors (Lipinski definition) is 2. The lowest BCUT2D eigenvalue weighted by atomic mass is 10.3. The van der Waals surface area contributed by atoms with Gasteiger partial charge in [-0.2, -0.15) is 24.4 Å². The third kappa shape index (κ3) is 6.86. The second kappa shape index (κ2) is 7.81. The molecule has 70 valence electrons. The average molecular weight is 202 g/mol. The van der Waals surface area contributed by atoms with Crippen molar-refractivity contribution in [3.05, 3.63) is 25.3 Å². The van der Waals surface area contributed by atoms with E-state index in [0.717, 1.165) is 18.6 Å². The van der Waals surface area contributed by atoms with E-state index in [4.69, 9.17) is 0 Å². The molecule has 0 amide bonds. The molecule has 0 aromatic carbocycles. The van der Waals surface area contributed by atoms with Crippen LogP contribution in [0.25, 0.3) is 0 Å². The van der Waals surface area contributed by atoms with Gasteiger partial charge in [0.2, 0.25) is 0 Å². The van der Waals surface area contributed by atoms with Crippen molar-refractivity contribution in [3.63, 3.8) is 0 Å². The Morgan fingerprint density at radius 1 is 1.50 bits per heavy atom. The van der Waals surface area contributed by atoms with E-state index >= 15 is 0 Å². The van der Waals surface area contributed by atoms with Gasteiger partial charge < -0.3 is 0 Å². The molecule has 0 spiro atoms. The molecule has 0 saturated carbocycles. The van der Waals surface area contributed by atoms with Crippen molar-refractivity contribution in [1.82, 2.24) is 0 Å². The molecule has 0 aliphatic heterocycles. The van der Waals surface area contributed by atoms with Crippen LogP contribution >= 0.6 is 24.4 Å². The van der Waals surface area contributed by atoms with Crippen molar-refractivity contribution in [3.8, 4) is 0 Å². The van der Waals surface area contributed by atoms with Crippen LogP contribution in [0.2, 0.25) is 0 Å². The van der Waals surface area contributed by atoms with Gasteiger partial charge in [-0.1, -0.05) is 19.1 Å². The molecule has 2 unspecified atom stereocenters. The van der Waals surface area contributed by atoms with Crippen LogP contribution in [0, 0.1) is 0 Å². The molecule has 0 heterocycles. The molecule has 2 atom stereocenters. The van der Waals surface area contributed by atoms with Gasteiger partial charge in [-0.3, -0.25) is 0 Å². The molecular formula is C10H18S2. The molecule has 0 bridgehead atoms. The summed E-state index contributed by atoms with van der Waals surface area (Å²) in [5.41, 5.74) is 0. The number of thiol groups is 1. The van der Waals surface area contributed by atoms with E-state index < -0.39 is 0 Å². The molecular weight excluding hydrogens is 184 g/mol. The molecule has 0 aliphatic rings. The predicted octanol–water partition coefficient (Wildman–Crippen LogP) is 3.56. The Bertz CT molecular complexity index is 132. The number of rotatable bonds is 7. The molecule has 0 aliphatic carbocycles. The van der Waals surface area contributed by atoms with Gasteiger partial charge >= 0.3 is 0 Å². The van der Waals surface area contributed by atoms with E-state index in [1.54, 1.807) is 0 Å². The fraction of sp³-hybridized carbons (Fsp3) is 0.600. The summed E-state index contributed by atoms with van der Waals surface area (Å²) in [6.45, 7) is 9.64. The maximum absolute atomic E-state index is 4.33. The lowest BCUT2D eigenvalue weighted by Gasteiger charge is -2.09. The van der Waals surface area contributed by atoms with Crippen molar-refractivity contribution in [1.29, 1.82) is 0 Å². The first-order valence-electron chi connectivity index (χ1n) is 4.23. The Labute approximate surface area is 85.9 Å². The summed E-state index contributed by atoms with van der Waals surface area (Å²) in [6, 6.07) is 0. The van der Waals surface area contributed by atoms with Crippen LogP contribution in [-0.2, 0) is 0 Å². The predicted molar refractivity (Wildman–Crippen MR) is 64.3 cm³/mol. The normalized spacial score (nSPS) is 15.2. The molecule has 0 aromatic rings. The molecule has 0 nitrogen and oxygen atoms in total. The largest absolute Gasteiger partial charge is 0.172 e. The van der Waals surface area contributed by atoms with Crippen LogP contribution in [0.5, 0.6) is 0 Å². The zero-order valence-corrected chi connectivity index (χ0v) is 9.41. The molecule has 0 radical (unpaired) electrons. The summed E-state index contributed by atoms with van der Waals surface area (Å²) < 4.78 is 0. The molecule has 0 saturated heterocycles. The first-order chi connectivity index (χ1) is 5.70. The Hall–Kier alpha value is 0.180. The van der Waals surface area contributed by atoms with E-state index in [2.05, 4.69) is 32.7 Å². The average Bonchev–Trinajstić information content (AvgIpc) is 2.04. The van der Waals surface area contributed by atoms with E-state index in [0.29, 0.717) is 10.5 Å². The van der Waals surface area contributed by atoms with Gasteiger partial charge in [0, 0.05) is 10.5 Å². The lowest BCUT2D eigenvalue weighted by Crippen LogP contribution is -2.00. The summed E-state index contributed by atoms with van der Waals surface area (Å²) in [5, 5.41) is 1.04. The Balaban J connectivity index is 3.29. The topological polar surface area (TPSA) is 0 Å². The molecule has 0 aromatic heterocycles. The van der Waals surface area contributed by atoms with Crippen LogP contribution in [0.3, 0.4) is 0 Å². The van der Waals surface area contributed by atoms with Gasteiger partial charge in [-0.15, -0.1) is 13.2 Å². The quantitative estimate of drug-likeness (QED) is 0.486. The highest BCUT2D eigenvalue weighted by molar-refractivity contribution is 7.99. The maximum Gasteiger partial charge on any atom is 0.0202 e. The zero-order chi connectivity index (χ0) is 9.40. The summed E-state index contributed by atoms with van der Waals surface area (Å²) in [5.74, 6) is 1.16. The smallest absolute Gasteiger partial charge is 0.0202 e. The standard InChI is InChI=1S/C10H18S2/c1-4-6-9(3)12-8-7-10(11)5-2/h4-5,9-11H,1-2,6-8H2,3H3. The summed E-state index contributed by atoms with van der Waals surface area (Å²) in [4.78, 5) is 0. The van der Waals surface area contributed by atoms with Crippen LogP contribution in [0.4, 0.5) is 0 Å². The van der Waals surface area contributed by atoms with Crippen molar-refractivity contribution >= 4 is 24.4 Å². The second-order valence-corrected chi connectivity index (χ2v) is 5.01. The SMILES string of the molecule is C=CCC(C)SCCC(S)C=C. The van der Waals surface area contributed by atoms with Crippen LogP contribution < -0.4 is 0 Å². The van der Waals surface area contributed by atoms with E-state index in [1.807, 2.05) is 23.9 Å². The summed E-state index contributed by atoms with van der Waals surface area (Å²) >= 11 is 6.31. The van der Waals surface area contributed by atoms with Crippen molar-refractivity contribution in [2.24, 2.45) is 0 Å². The van der Waals surface area contributed by atoms with E-state index in [9.17, 15) is 0 Å². The van der Waals surface area contributed by atoms with Gasteiger partial charge in [0.15, 0.2) is 0 Å². The van der Waals surface area contributed by atoms with Gasteiger partial charge in [-0.05, 0) is 18.6 Å². The van der Waals surface area contributed by atoms with Crippen LogP contribution in [0.15, 0.2) is 25.3 Å². The van der Waals surface area contributed by atoms with Crippen molar-refractivity contribution < 1.29 is 0 Å². The minimum absolute atomic E-state index is 0.355. The minimum Gasteiger partial charge on any atom is -0.172 e. The fourth-order valence-electron chi connectivity index (χ4n) is 0.811. The van der Waals surface area contributed by atoms with Gasteiger partial charge in [0.1, 0.15) is 0 Å². The number of allylic oxidation sites excluding steroid dienone is 1. The van der Waals surface area contributed by atoms with Gasteiger partial charge in [-0.25, -0.2) is 0 Å². The molecule has 0 N–H and O–H groups in total.